The van der Waals surface area contributed by atoms with Crippen molar-refractivity contribution >= 4 is 38.5 Å². The van der Waals surface area contributed by atoms with Crippen molar-refractivity contribution in [1.29, 1.82) is 0 Å². The lowest BCUT2D eigenvalue weighted by molar-refractivity contribution is 0.331. The number of halogens is 1. The summed E-state index contributed by atoms with van der Waals surface area (Å²) in [4.78, 5) is 6.90. The van der Waals surface area contributed by atoms with Gasteiger partial charge in [-0.3, -0.25) is 5.10 Å². The number of nitrogens with zero attached hydrogens (tertiary/aromatic N) is 4. The number of benzene rings is 1. The van der Waals surface area contributed by atoms with E-state index < -0.39 is 10.0 Å². The normalized spacial score (nSPS) is 18.7. The third kappa shape index (κ3) is 3.72. The summed E-state index contributed by atoms with van der Waals surface area (Å²) < 4.78 is 25.8. The van der Waals surface area contributed by atoms with Gasteiger partial charge >= 0.3 is 0 Å². The molecule has 4 rings (SSSR count). The van der Waals surface area contributed by atoms with Crippen molar-refractivity contribution in [3.05, 3.63) is 52.7 Å². The molecule has 0 saturated carbocycles. The van der Waals surface area contributed by atoms with Gasteiger partial charge in [0, 0.05) is 25.7 Å². The maximum absolute atomic E-state index is 12.1. The number of sulfonamides is 1. The molecule has 2 aromatic heterocycles. The average molecular weight is 420 g/mol. The molecule has 148 valence electrons. The minimum absolute atomic E-state index is 0.0690. The van der Waals surface area contributed by atoms with Crippen LogP contribution < -0.4 is 4.90 Å². The molecule has 3 aromatic rings. The van der Waals surface area contributed by atoms with Gasteiger partial charge in [-0.05, 0) is 25.0 Å². The molecule has 0 radical (unpaired) electrons. The topological polar surface area (TPSA) is 82.2 Å². The number of fused-ring (bicyclic) bond motifs is 1. The van der Waals surface area contributed by atoms with Gasteiger partial charge < -0.3 is 4.90 Å². The number of hydrogen-bond acceptors (Lipinski definition) is 5. The molecule has 9 heteroatoms. The number of rotatable bonds is 4. The van der Waals surface area contributed by atoms with Crippen LogP contribution in [0.15, 0.2) is 36.4 Å². The van der Waals surface area contributed by atoms with Crippen molar-refractivity contribution in [2.24, 2.45) is 0 Å². The van der Waals surface area contributed by atoms with E-state index >= 15 is 0 Å². The summed E-state index contributed by atoms with van der Waals surface area (Å²) in [5.74, 6) is 0.674. The zero-order chi connectivity index (χ0) is 19.9. The Balaban J connectivity index is 1.73. The highest BCUT2D eigenvalue weighted by Gasteiger charge is 2.33. The van der Waals surface area contributed by atoms with E-state index in [1.165, 1.54) is 10.6 Å². The highest BCUT2D eigenvalue weighted by Crippen LogP contribution is 2.31. The number of piperazine rings is 1. The van der Waals surface area contributed by atoms with Gasteiger partial charge in [-0.2, -0.15) is 9.40 Å². The summed E-state index contributed by atoms with van der Waals surface area (Å²) in [7, 11) is -3.26. The van der Waals surface area contributed by atoms with Crippen molar-refractivity contribution in [1.82, 2.24) is 19.5 Å². The fourth-order valence-corrected chi connectivity index (χ4v) is 4.82. The Kier molecular flexibility index (Phi) is 5.03. The third-order valence-corrected chi connectivity index (χ3v) is 6.69. The Morgan fingerprint density at radius 1 is 1.25 bits per heavy atom. The van der Waals surface area contributed by atoms with Gasteiger partial charge in [-0.15, -0.1) is 0 Å². The molecule has 1 N–H and O–H groups in total. The maximum atomic E-state index is 12.1. The fraction of sp³-hybridized carbons (Fsp3) is 0.368. The van der Waals surface area contributed by atoms with Gasteiger partial charge in [0.25, 0.3) is 0 Å². The van der Waals surface area contributed by atoms with Crippen LogP contribution in [0.4, 0.5) is 5.82 Å². The van der Waals surface area contributed by atoms with Crippen molar-refractivity contribution in [2.75, 3.05) is 30.8 Å². The Bertz CT molecular complexity index is 1100. The molecule has 28 heavy (non-hydrogen) atoms. The van der Waals surface area contributed by atoms with E-state index in [1.807, 2.05) is 31.2 Å². The van der Waals surface area contributed by atoms with Gasteiger partial charge in [0.05, 0.1) is 22.5 Å². The lowest BCUT2D eigenvalue weighted by Gasteiger charge is -2.41. The van der Waals surface area contributed by atoms with E-state index in [4.69, 9.17) is 16.6 Å². The quantitative estimate of drug-likeness (QED) is 0.702. The second-order valence-electron chi connectivity index (χ2n) is 7.16. The van der Waals surface area contributed by atoms with Crippen molar-refractivity contribution < 1.29 is 8.42 Å². The fourth-order valence-electron chi connectivity index (χ4n) is 3.71. The number of H-pyrrole nitrogens is 1. The summed E-state index contributed by atoms with van der Waals surface area (Å²) in [6.45, 7) is 3.23. The molecule has 1 aromatic carbocycles. The van der Waals surface area contributed by atoms with Crippen LogP contribution in [0.5, 0.6) is 0 Å². The first-order valence-corrected chi connectivity index (χ1v) is 11.3. The van der Waals surface area contributed by atoms with Gasteiger partial charge in [0.1, 0.15) is 11.3 Å². The molecule has 0 bridgehead atoms. The highest BCUT2D eigenvalue weighted by atomic mass is 35.5. The third-order valence-electron chi connectivity index (χ3n) is 5.14. The van der Waals surface area contributed by atoms with Crippen LogP contribution in [0.25, 0.3) is 11.0 Å². The van der Waals surface area contributed by atoms with Crippen molar-refractivity contribution in [3.8, 4) is 0 Å². The predicted octanol–water partition coefficient (Wildman–Crippen LogP) is 2.61. The van der Waals surface area contributed by atoms with Crippen molar-refractivity contribution in [3.63, 3.8) is 0 Å². The molecule has 1 fully saturated rings. The second kappa shape index (κ2) is 7.35. The zero-order valence-electron chi connectivity index (χ0n) is 15.8. The first-order chi connectivity index (χ1) is 13.3. The number of hydrogen-bond donors (Lipinski definition) is 1. The van der Waals surface area contributed by atoms with Crippen LogP contribution in [0, 0.1) is 6.92 Å². The minimum atomic E-state index is -3.26. The molecule has 1 aliphatic heterocycles. The molecule has 0 spiro atoms. The van der Waals surface area contributed by atoms with Crippen LogP contribution >= 0.6 is 11.6 Å². The van der Waals surface area contributed by atoms with Gasteiger partial charge in [-0.1, -0.05) is 41.9 Å². The molecule has 1 aliphatic rings. The van der Waals surface area contributed by atoms with E-state index in [0.717, 1.165) is 22.3 Å². The first-order valence-electron chi connectivity index (χ1n) is 9.10. The Hall–Kier alpha value is -2.16. The number of pyridine rings is 1. The molecular formula is C19H22ClN5O2S. The molecular weight excluding hydrogens is 398 g/mol. The molecule has 7 nitrogen and oxygen atoms in total. The maximum Gasteiger partial charge on any atom is 0.211 e. The summed E-state index contributed by atoms with van der Waals surface area (Å²) in [6, 6.07) is 11.8. The standard InChI is InChI=1S/C19H22ClN5O2S/c1-13-18-17(23-22-13)11-16(20)19(21-18)25-9-8-24(28(2,26)27)12-15(25)10-14-6-4-3-5-7-14/h3-7,11,15H,8-10,12H2,1-2H3,(H,22,23)/t15-/m1/s1. The Labute approximate surface area is 169 Å². The van der Waals surface area contributed by atoms with Gasteiger partial charge in [0.15, 0.2) is 0 Å². The van der Waals surface area contributed by atoms with E-state index in [-0.39, 0.29) is 6.04 Å². The average Bonchev–Trinajstić information content (AvgIpc) is 3.01. The lowest BCUT2D eigenvalue weighted by Crippen LogP contribution is -2.55. The highest BCUT2D eigenvalue weighted by molar-refractivity contribution is 7.88. The molecule has 0 amide bonds. The van der Waals surface area contributed by atoms with Crippen LogP contribution in [-0.2, 0) is 16.4 Å². The molecule has 1 atom stereocenters. The number of aryl methyl sites for hydroxylation is 1. The molecule has 3 heterocycles. The number of aromatic amines is 1. The van der Waals surface area contributed by atoms with E-state index in [1.54, 1.807) is 0 Å². The summed E-state index contributed by atoms with van der Waals surface area (Å²) in [5, 5.41) is 7.67. The van der Waals surface area contributed by atoms with Crippen LogP contribution in [0.1, 0.15) is 11.3 Å². The molecule has 0 aliphatic carbocycles. The summed E-state index contributed by atoms with van der Waals surface area (Å²) in [5.41, 5.74) is 3.52. The van der Waals surface area contributed by atoms with E-state index in [9.17, 15) is 8.42 Å². The Morgan fingerprint density at radius 3 is 2.71 bits per heavy atom. The number of anilines is 1. The first kappa shape index (κ1) is 19.2. The molecule has 1 saturated heterocycles. The number of nitrogens with one attached hydrogen (secondary N) is 1. The SMILES string of the molecule is Cc1n[nH]c2cc(Cl)c(N3CCN(S(C)(=O)=O)C[C@H]3Cc3ccccc3)nc12. The zero-order valence-corrected chi connectivity index (χ0v) is 17.3. The van der Waals surface area contributed by atoms with Gasteiger partial charge in [-0.25, -0.2) is 13.4 Å². The van der Waals surface area contributed by atoms with Gasteiger partial charge in [0.2, 0.25) is 10.0 Å². The predicted molar refractivity (Wildman–Crippen MR) is 111 cm³/mol. The smallest absolute Gasteiger partial charge is 0.211 e. The summed E-state index contributed by atoms with van der Waals surface area (Å²) >= 11 is 6.56. The van der Waals surface area contributed by atoms with E-state index in [0.29, 0.717) is 36.9 Å². The van der Waals surface area contributed by atoms with Crippen LogP contribution in [-0.4, -0.2) is 59.8 Å². The van der Waals surface area contributed by atoms with E-state index in [2.05, 4.69) is 27.2 Å². The minimum Gasteiger partial charge on any atom is -0.349 e. The van der Waals surface area contributed by atoms with Crippen LogP contribution in [0.2, 0.25) is 5.02 Å². The Morgan fingerprint density at radius 2 is 2.00 bits per heavy atom. The largest absolute Gasteiger partial charge is 0.349 e. The monoisotopic (exact) mass is 419 g/mol. The van der Waals surface area contributed by atoms with Crippen LogP contribution in [0.3, 0.4) is 0 Å². The number of aromatic nitrogens is 3. The molecule has 0 unspecified atom stereocenters. The van der Waals surface area contributed by atoms with Crippen molar-refractivity contribution in [2.45, 2.75) is 19.4 Å². The lowest BCUT2D eigenvalue weighted by atomic mass is 10.0. The second-order valence-corrected chi connectivity index (χ2v) is 9.55. The summed E-state index contributed by atoms with van der Waals surface area (Å²) in [6.07, 6.45) is 1.96.